The highest BCUT2D eigenvalue weighted by molar-refractivity contribution is 6.09. The highest BCUT2D eigenvalue weighted by atomic mass is 16.5. The van der Waals surface area contributed by atoms with Crippen molar-refractivity contribution >= 4 is 17.5 Å². The molecule has 2 heterocycles. The van der Waals surface area contributed by atoms with E-state index in [2.05, 4.69) is 0 Å². The van der Waals surface area contributed by atoms with Crippen LogP contribution in [0.4, 0.5) is 5.69 Å². The number of rotatable bonds is 4. The van der Waals surface area contributed by atoms with Crippen LogP contribution in [0.1, 0.15) is 39.5 Å². The van der Waals surface area contributed by atoms with Crippen LogP contribution in [0, 0.1) is 0 Å². The van der Waals surface area contributed by atoms with Crippen molar-refractivity contribution in [1.29, 1.82) is 0 Å². The zero-order chi connectivity index (χ0) is 21.1. The van der Waals surface area contributed by atoms with Crippen LogP contribution in [0.5, 0.6) is 0 Å². The fourth-order valence-corrected chi connectivity index (χ4v) is 3.76. The number of ether oxygens (including phenoxy) is 1. The molecular formula is C24H24N2O4. The van der Waals surface area contributed by atoms with Gasteiger partial charge in [0.1, 0.15) is 6.10 Å². The summed E-state index contributed by atoms with van der Waals surface area (Å²) in [6.45, 7) is 2.91. The van der Waals surface area contributed by atoms with Crippen molar-refractivity contribution in [3.05, 3.63) is 89.9 Å². The minimum atomic E-state index is -0.308. The Kier molecular flexibility index (Phi) is 5.68. The number of morpholine rings is 1. The molecule has 2 amide bonds. The molecule has 0 spiro atoms. The first-order valence-electron chi connectivity index (χ1n) is 9.95. The molecule has 1 aliphatic rings. The van der Waals surface area contributed by atoms with Gasteiger partial charge in [-0.15, -0.1) is 0 Å². The van der Waals surface area contributed by atoms with E-state index in [4.69, 9.17) is 9.15 Å². The molecule has 2 aromatic carbocycles. The number of benzene rings is 2. The van der Waals surface area contributed by atoms with Crippen molar-refractivity contribution in [2.24, 2.45) is 0 Å². The summed E-state index contributed by atoms with van der Waals surface area (Å²) in [5, 5.41) is 0. The topological polar surface area (TPSA) is 63.0 Å². The Balaban J connectivity index is 1.59. The first-order chi connectivity index (χ1) is 14.5. The molecule has 30 heavy (non-hydrogen) atoms. The van der Waals surface area contributed by atoms with Crippen LogP contribution in [0.15, 0.2) is 77.4 Å². The van der Waals surface area contributed by atoms with Crippen LogP contribution in [-0.2, 0) is 4.74 Å². The van der Waals surface area contributed by atoms with Crippen molar-refractivity contribution in [3.8, 4) is 0 Å². The second-order valence-electron chi connectivity index (χ2n) is 7.41. The van der Waals surface area contributed by atoms with Gasteiger partial charge in [-0.1, -0.05) is 42.5 Å². The smallest absolute Gasteiger partial charge is 0.293 e. The van der Waals surface area contributed by atoms with Crippen LogP contribution in [0.3, 0.4) is 0 Å². The van der Waals surface area contributed by atoms with Gasteiger partial charge in [-0.25, -0.2) is 0 Å². The molecule has 1 aliphatic heterocycles. The van der Waals surface area contributed by atoms with E-state index in [9.17, 15) is 9.59 Å². The fourth-order valence-electron chi connectivity index (χ4n) is 3.76. The number of carbonyl (C=O) groups excluding carboxylic acids is 2. The lowest BCUT2D eigenvalue weighted by Crippen LogP contribution is -2.46. The summed E-state index contributed by atoms with van der Waals surface area (Å²) in [4.78, 5) is 29.4. The van der Waals surface area contributed by atoms with Gasteiger partial charge in [-0.05, 0) is 36.8 Å². The van der Waals surface area contributed by atoms with E-state index >= 15 is 0 Å². The molecule has 0 saturated carbocycles. The molecule has 1 saturated heterocycles. The van der Waals surface area contributed by atoms with E-state index in [1.165, 1.54) is 11.2 Å². The van der Waals surface area contributed by atoms with E-state index in [1.54, 1.807) is 42.3 Å². The third kappa shape index (κ3) is 4.00. The third-order valence-electron chi connectivity index (χ3n) is 5.25. The third-order valence-corrected chi connectivity index (χ3v) is 5.25. The Bertz CT molecular complexity index is 1020. The van der Waals surface area contributed by atoms with Crippen molar-refractivity contribution in [2.45, 2.75) is 19.1 Å². The number of para-hydroxylation sites is 1. The summed E-state index contributed by atoms with van der Waals surface area (Å²) in [7, 11) is 1.64. The summed E-state index contributed by atoms with van der Waals surface area (Å²) in [5.74, 6) is -0.206. The molecule has 4 rings (SSSR count). The van der Waals surface area contributed by atoms with Gasteiger partial charge in [0.2, 0.25) is 0 Å². The second-order valence-corrected chi connectivity index (χ2v) is 7.41. The molecule has 2 atom stereocenters. The molecule has 0 N–H and O–H groups in total. The van der Waals surface area contributed by atoms with Crippen molar-refractivity contribution < 1.29 is 18.7 Å². The average molecular weight is 404 g/mol. The molecule has 154 valence electrons. The molecular weight excluding hydrogens is 380 g/mol. The standard InChI is InChI=1S/C24H24N2O4/c1-17-15-26(16-22(30-17)18-9-4-3-5-10-18)23(27)19-11-6-7-12-20(19)25(2)24(28)21-13-8-14-29-21/h3-14,17,22H,15-16H2,1-2H3. The Hall–Kier alpha value is -3.38. The zero-order valence-corrected chi connectivity index (χ0v) is 17.0. The van der Waals surface area contributed by atoms with Crippen LogP contribution in [0.2, 0.25) is 0 Å². The molecule has 1 fully saturated rings. The SMILES string of the molecule is CC1CN(C(=O)c2ccccc2N(C)C(=O)c2ccco2)CC(c2ccccc2)O1. The van der Waals surface area contributed by atoms with Crippen LogP contribution >= 0.6 is 0 Å². The summed E-state index contributed by atoms with van der Waals surface area (Å²) < 4.78 is 11.3. The highest BCUT2D eigenvalue weighted by Gasteiger charge is 2.31. The minimum absolute atomic E-state index is 0.0949. The quantitative estimate of drug-likeness (QED) is 0.655. The van der Waals surface area contributed by atoms with Gasteiger partial charge in [-0.3, -0.25) is 9.59 Å². The molecule has 0 aliphatic carbocycles. The van der Waals surface area contributed by atoms with E-state index in [0.29, 0.717) is 24.3 Å². The number of hydrogen-bond donors (Lipinski definition) is 0. The Morgan fingerprint density at radius 1 is 0.967 bits per heavy atom. The molecule has 3 aromatic rings. The summed E-state index contributed by atoms with van der Waals surface area (Å²) in [5.41, 5.74) is 2.06. The normalized spacial score (nSPS) is 18.8. The largest absolute Gasteiger partial charge is 0.459 e. The predicted octanol–water partition coefficient (Wildman–Crippen LogP) is 4.16. The van der Waals surface area contributed by atoms with Gasteiger partial charge in [-0.2, -0.15) is 0 Å². The van der Waals surface area contributed by atoms with Crippen molar-refractivity contribution in [1.82, 2.24) is 4.90 Å². The monoisotopic (exact) mass is 404 g/mol. The minimum Gasteiger partial charge on any atom is -0.459 e. The molecule has 6 nitrogen and oxygen atoms in total. The number of hydrogen-bond acceptors (Lipinski definition) is 4. The van der Waals surface area contributed by atoms with E-state index in [-0.39, 0.29) is 29.8 Å². The Morgan fingerprint density at radius 3 is 2.43 bits per heavy atom. The van der Waals surface area contributed by atoms with E-state index in [0.717, 1.165) is 5.56 Å². The maximum absolute atomic E-state index is 13.5. The zero-order valence-electron chi connectivity index (χ0n) is 17.0. The molecule has 0 radical (unpaired) electrons. The van der Waals surface area contributed by atoms with Gasteiger partial charge in [0.05, 0.1) is 30.2 Å². The first-order valence-corrected chi connectivity index (χ1v) is 9.95. The first kappa shape index (κ1) is 19.9. The Labute approximate surface area is 175 Å². The maximum atomic E-state index is 13.5. The average Bonchev–Trinajstić information content (AvgIpc) is 3.33. The van der Waals surface area contributed by atoms with Gasteiger partial charge >= 0.3 is 0 Å². The number of furan rings is 1. The number of carbonyl (C=O) groups is 2. The van der Waals surface area contributed by atoms with Crippen LogP contribution in [-0.4, -0.2) is 43.0 Å². The number of amides is 2. The molecule has 1 aromatic heterocycles. The lowest BCUT2D eigenvalue weighted by atomic mass is 10.0. The van der Waals surface area contributed by atoms with Gasteiger partial charge in [0.25, 0.3) is 11.8 Å². The highest BCUT2D eigenvalue weighted by Crippen LogP contribution is 2.28. The second kappa shape index (κ2) is 8.55. The van der Waals surface area contributed by atoms with Gasteiger partial charge < -0.3 is 19.0 Å². The summed E-state index contributed by atoms with van der Waals surface area (Å²) in [6.07, 6.45) is 1.17. The number of anilines is 1. The predicted molar refractivity (Wildman–Crippen MR) is 114 cm³/mol. The van der Waals surface area contributed by atoms with E-state index in [1.807, 2.05) is 43.3 Å². The molecule has 0 bridgehead atoms. The van der Waals surface area contributed by atoms with Crippen molar-refractivity contribution in [3.63, 3.8) is 0 Å². The van der Waals surface area contributed by atoms with E-state index < -0.39 is 0 Å². The molecule has 6 heteroatoms. The number of nitrogens with zero attached hydrogens (tertiary/aromatic N) is 2. The summed E-state index contributed by atoms with van der Waals surface area (Å²) in [6, 6.07) is 20.3. The van der Waals surface area contributed by atoms with Gasteiger partial charge in [0, 0.05) is 13.6 Å². The molecule has 2 unspecified atom stereocenters. The lowest BCUT2D eigenvalue weighted by Gasteiger charge is -2.37. The van der Waals surface area contributed by atoms with Crippen molar-refractivity contribution in [2.75, 3.05) is 25.0 Å². The Morgan fingerprint density at radius 2 is 1.70 bits per heavy atom. The van der Waals surface area contributed by atoms with Crippen LogP contribution < -0.4 is 4.90 Å². The maximum Gasteiger partial charge on any atom is 0.293 e. The lowest BCUT2D eigenvalue weighted by molar-refractivity contribution is -0.0691. The summed E-state index contributed by atoms with van der Waals surface area (Å²) >= 11 is 0. The van der Waals surface area contributed by atoms with Gasteiger partial charge in [0.15, 0.2) is 5.76 Å². The van der Waals surface area contributed by atoms with Crippen LogP contribution in [0.25, 0.3) is 0 Å². The fraction of sp³-hybridized carbons (Fsp3) is 0.250.